The normalized spacial score (nSPS) is 9.91. The van der Waals surface area contributed by atoms with Crippen molar-refractivity contribution in [2.75, 3.05) is 27.9 Å². The molecule has 0 unspecified atom stereocenters. The first-order valence-corrected chi connectivity index (χ1v) is 7.10. The summed E-state index contributed by atoms with van der Waals surface area (Å²) in [4.78, 5) is 22.7. The first kappa shape index (κ1) is 18.6. The zero-order chi connectivity index (χ0) is 17.2. The molecule has 0 heterocycles. The van der Waals surface area contributed by atoms with E-state index >= 15 is 0 Å². The van der Waals surface area contributed by atoms with Crippen molar-refractivity contribution in [1.82, 2.24) is 10.7 Å². The van der Waals surface area contributed by atoms with Crippen molar-refractivity contribution in [2.24, 2.45) is 5.84 Å². The van der Waals surface area contributed by atoms with E-state index in [2.05, 4.69) is 5.32 Å². The van der Waals surface area contributed by atoms with E-state index in [-0.39, 0.29) is 31.2 Å². The number of hydrogen-bond donors (Lipinski definition) is 3. The standard InChI is InChI=1S/C15H23N3O5/c1-21-11-8-10(9-12(22-2)15(11)23-3)4-5-13(19)17-7-6-14(20)18-16/h8-9H,4-7,16H2,1-3H3,(H,17,19)(H,18,20). The summed E-state index contributed by atoms with van der Waals surface area (Å²) in [6.07, 6.45) is 0.931. The van der Waals surface area contributed by atoms with Gasteiger partial charge in [0.25, 0.3) is 0 Å². The minimum atomic E-state index is -0.324. The second kappa shape index (κ2) is 9.52. The number of methoxy groups -OCH3 is 3. The summed E-state index contributed by atoms with van der Waals surface area (Å²) in [5.41, 5.74) is 2.89. The van der Waals surface area contributed by atoms with E-state index in [1.807, 2.05) is 5.43 Å². The number of carbonyl (C=O) groups is 2. The number of amides is 2. The Bertz CT molecular complexity index is 523. The maximum atomic E-state index is 11.8. The predicted molar refractivity (Wildman–Crippen MR) is 84.4 cm³/mol. The molecule has 4 N–H and O–H groups in total. The van der Waals surface area contributed by atoms with Gasteiger partial charge in [0.15, 0.2) is 11.5 Å². The van der Waals surface area contributed by atoms with Crippen LogP contribution in [0.3, 0.4) is 0 Å². The first-order chi connectivity index (χ1) is 11.0. The van der Waals surface area contributed by atoms with E-state index in [1.165, 1.54) is 21.3 Å². The molecular weight excluding hydrogens is 302 g/mol. The highest BCUT2D eigenvalue weighted by Crippen LogP contribution is 2.38. The maximum absolute atomic E-state index is 11.8. The molecule has 0 radical (unpaired) electrons. The molecule has 0 fully saturated rings. The van der Waals surface area contributed by atoms with Gasteiger partial charge < -0.3 is 19.5 Å². The molecule has 2 amide bonds. The Kier molecular flexibility index (Phi) is 7.69. The maximum Gasteiger partial charge on any atom is 0.235 e. The number of nitrogens with two attached hydrogens (primary N) is 1. The minimum absolute atomic E-state index is 0.145. The van der Waals surface area contributed by atoms with E-state index < -0.39 is 0 Å². The Morgan fingerprint density at radius 3 is 2.09 bits per heavy atom. The van der Waals surface area contributed by atoms with E-state index in [0.29, 0.717) is 23.7 Å². The van der Waals surface area contributed by atoms with Crippen LogP contribution in [0.1, 0.15) is 18.4 Å². The summed E-state index contributed by atoms with van der Waals surface area (Å²) >= 11 is 0. The SMILES string of the molecule is COc1cc(CCC(=O)NCCC(=O)NN)cc(OC)c1OC. The van der Waals surface area contributed by atoms with Crippen LogP contribution in [0.4, 0.5) is 0 Å². The van der Waals surface area contributed by atoms with E-state index in [9.17, 15) is 9.59 Å². The molecule has 8 nitrogen and oxygen atoms in total. The molecule has 0 spiro atoms. The fourth-order valence-electron chi connectivity index (χ4n) is 2.01. The number of rotatable bonds is 9. The van der Waals surface area contributed by atoms with Crippen molar-refractivity contribution in [3.63, 3.8) is 0 Å². The lowest BCUT2D eigenvalue weighted by Crippen LogP contribution is -2.34. The van der Waals surface area contributed by atoms with Crippen LogP contribution in [0.2, 0.25) is 0 Å². The summed E-state index contributed by atoms with van der Waals surface area (Å²) in [5.74, 6) is 6.08. The van der Waals surface area contributed by atoms with Gasteiger partial charge in [-0.05, 0) is 24.1 Å². The van der Waals surface area contributed by atoms with Gasteiger partial charge in [0.1, 0.15) is 0 Å². The predicted octanol–water partition coefficient (Wildman–Crippen LogP) is 0.141. The quantitative estimate of drug-likeness (QED) is 0.338. The number of hydrazine groups is 1. The van der Waals surface area contributed by atoms with E-state index in [0.717, 1.165) is 5.56 Å². The molecule has 0 saturated heterocycles. The molecule has 8 heteroatoms. The summed E-state index contributed by atoms with van der Waals surface area (Å²) < 4.78 is 15.8. The van der Waals surface area contributed by atoms with Gasteiger partial charge in [0, 0.05) is 19.4 Å². The van der Waals surface area contributed by atoms with Gasteiger partial charge in [-0.3, -0.25) is 15.0 Å². The highest BCUT2D eigenvalue weighted by atomic mass is 16.5. The van der Waals surface area contributed by atoms with Crippen LogP contribution in [0.5, 0.6) is 17.2 Å². The zero-order valence-corrected chi connectivity index (χ0v) is 13.6. The number of hydrogen-bond acceptors (Lipinski definition) is 6. The van der Waals surface area contributed by atoms with Crippen LogP contribution in [0.15, 0.2) is 12.1 Å². The van der Waals surface area contributed by atoms with Gasteiger partial charge in [-0.15, -0.1) is 0 Å². The fourth-order valence-corrected chi connectivity index (χ4v) is 2.01. The van der Waals surface area contributed by atoms with Crippen LogP contribution in [-0.2, 0) is 16.0 Å². The lowest BCUT2D eigenvalue weighted by Gasteiger charge is -2.14. The molecule has 0 aromatic heterocycles. The number of benzene rings is 1. The van der Waals surface area contributed by atoms with Crippen molar-refractivity contribution in [2.45, 2.75) is 19.3 Å². The summed E-state index contributed by atoms with van der Waals surface area (Å²) in [5, 5.41) is 2.66. The van der Waals surface area contributed by atoms with Crippen molar-refractivity contribution < 1.29 is 23.8 Å². The molecule has 1 aromatic rings. The van der Waals surface area contributed by atoms with Crippen LogP contribution in [0.25, 0.3) is 0 Å². The molecule has 1 rings (SSSR count). The second-order valence-corrected chi connectivity index (χ2v) is 4.70. The number of nitrogens with one attached hydrogen (secondary N) is 2. The molecule has 23 heavy (non-hydrogen) atoms. The molecule has 0 saturated carbocycles. The van der Waals surface area contributed by atoms with Crippen LogP contribution in [0, 0.1) is 0 Å². The van der Waals surface area contributed by atoms with Gasteiger partial charge in [-0.1, -0.05) is 0 Å². The Labute approximate surface area is 135 Å². The van der Waals surface area contributed by atoms with Gasteiger partial charge >= 0.3 is 0 Å². The molecule has 128 valence electrons. The Balaban J connectivity index is 2.60. The molecule has 0 aliphatic carbocycles. The largest absolute Gasteiger partial charge is 0.493 e. The van der Waals surface area contributed by atoms with Gasteiger partial charge in [0.05, 0.1) is 21.3 Å². The average molecular weight is 325 g/mol. The van der Waals surface area contributed by atoms with Crippen molar-refractivity contribution >= 4 is 11.8 Å². The highest BCUT2D eigenvalue weighted by molar-refractivity contribution is 5.78. The third kappa shape index (κ3) is 5.67. The van der Waals surface area contributed by atoms with Crippen molar-refractivity contribution in [1.29, 1.82) is 0 Å². The smallest absolute Gasteiger partial charge is 0.235 e. The fraction of sp³-hybridized carbons (Fsp3) is 0.467. The molecule has 1 aromatic carbocycles. The topological polar surface area (TPSA) is 112 Å². The lowest BCUT2D eigenvalue weighted by molar-refractivity contribution is -0.122. The monoisotopic (exact) mass is 325 g/mol. The Morgan fingerprint density at radius 1 is 1.00 bits per heavy atom. The number of aryl methyl sites for hydroxylation is 1. The number of carbonyl (C=O) groups excluding carboxylic acids is 2. The van der Waals surface area contributed by atoms with Crippen LogP contribution < -0.4 is 30.8 Å². The Hall–Kier alpha value is -2.48. The third-order valence-electron chi connectivity index (χ3n) is 3.20. The van der Waals surface area contributed by atoms with Crippen molar-refractivity contribution in [3.8, 4) is 17.2 Å². The van der Waals surface area contributed by atoms with E-state index in [4.69, 9.17) is 20.1 Å². The lowest BCUT2D eigenvalue weighted by atomic mass is 10.1. The summed E-state index contributed by atoms with van der Waals surface area (Å²) in [7, 11) is 4.61. The first-order valence-electron chi connectivity index (χ1n) is 7.10. The number of ether oxygens (including phenoxy) is 3. The van der Waals surface area contributed by atoms with Crippen LogP contribution in [-0.4, -0.2) is 39.7 Å². The highest BCUT2D eigenvalue weighted by Gasteiger charge is 2.13. The third-order valence-corrected chi connectivity index (χ3v) is 3.20. The average Bonchev–Trinajstić information content (AvgIpc) is 2.58. The zero-order valence-electron chi connectivity index (χ0n) is 13.6. The summed E-state index contributed by atoms with van der Waals surface area (Å²) in [6.45, 7) is 0.247. The van der Waals surface area contributed by atoms with Crippen LogP contribution >= 0.6 is 0 Å². The molecule has 0 atom stereocenters. The molecular formula is C15H23N3O5. The van der Waals surface area contributed by atoms with Gasteiger partial charge in [-0.25, -0.2) is 5.84 Å². The molecule has 0 aliphatic heterocycles. The van der Waals surface area contributed by atoms with Crippen molar-refractivity contribution in [3.05, 3.63) is 17.7 Å². The minimum Gasteiger partial charge on any atom is -0.493 e. The van der Waals surface area contributed by atoms with Gasteiger partial charge in [0.2, 0.25) is 17.6 Å². The molecule has 0 aliphatic rings. The summed E-state index contributed by atoms with van der Waals surface area (Å²) in [6, 6.07) is 3.60. The van der Waals surface area contributed by atoms with Gasteiger partial charge in [-0.2, -0.15) is 0 Å². The second-order valence-electron chi connectivity index (χ2n) is 4.70. The van der Waals surface area contributed by atoms with E-state index in [1.54, 1.807) is 12.1 Å². The molecule has 0 bridgehead atoms. The Morgan fingerprint density at radius 2 is 1.61 bits per heavy atom.